The molecule has 0 spiro atoms. The molecule has 0 atom stereocenters. The molecular weight excluding hydrogens is 868 g/mol. The maximum absolute atomic E-state index is 8.39. The third-order valence-corrected chi connectivity index (χ3v) is 13.3. The number of hydrogen-bond acceptors (Lipinski definition) is 1. The average Bonchev–Trinajstić information content (AvgIpc) is 3.22. The smallest absolute Gasteiger partial charge is 0.101 e. The van der Waals surface area contributed by atoms with Gasteiger partial charge in [0.2, 0.25) is 0 Å². The van der Waals surface area contributed by atoms with Gasteiger partial charge in [-0.15, -0.1) is 34.0 Å². The number of likely N-dealkylation sites (N-methyl/N-ethyl adjacent to an activating group) is 1. The van der Waals surface area contributed by atoms with Gasteiger partial charge in [-0.1, -0.05) is 132 Å². The van der Waals surface area contributed by atoms with Gasteiger partial charge in [0.1, 0.15) is 6.54 Å². The highest BCUT2D eigenvalue weighted by atomic mass is 79.9. The number of aliphatic hydroxyl groups is 1. The first-order valence-electron chi connectivity index (χ1n) is 26.8. The Kier molecular flexibility index (Phi) is 63.2. The van der Waals surface area contributed by atoms with Crippen LogP contribution in [0.3, 0.4) is 0 Å². The van der Waals surface area contributed by atoms with Crippen molar-refractivity contribution in [3.8, 4) is 0 Å². The van der Waals surface area contributed by atoms with Crippen LogP contribution in [0.2, 0.25) is 0 Å². The van der Waals surface area contributed by atoms with E-state index < -0.39 is 0 Å². The van der Waals surface area contributed by atoms with E-state index in [1.807, 2.05) is 0 Å². The molecule has 0 radical (unpaired) electrons. The molecule has 0 aromatic rings. The van der Waals surface area contributed by atoms with Gasteiger partial charge in [-0.2, -0.15) is 0 Å². The van der Waals surface area contributed by atoms with Crippen LogP contribution in [0.5, 0.6) is 0 Å². The summed E-state index contributed by atoms with van der Waals surface area (Å²) in [6, 6.07) is 0. The maximum Gasteiger partial charge on any atom is 0.101 e. The van der Waals surface area contributed by atoms with Crippen LogP contribution < -0.4 is 0 Å². The van der Waals surface area contributed by atoms with Gasteiger partial charge in [0.15, 0.2) is 0 Å². The van der Waals surface area contributed by atoms with Crippen molar-refractivity contribution in [1.29, 1.82) is 0 Å². The fraction of sp³-hybridized carbons (Fsp3) is 1.00. The number of hydrogen-bond donors (Lipinski definition) is 1. The van der Waals surface area contributed by atoms with E-state index in [-0.39, 0.29) is 40.6 Å². The number of nitrogens with zero attached hydrogens (tertiary/aromatic N) is 4. The maximum atomic E-state index is 8.39. The summed E-state index contributed by atoms with van der Waals surface area (Å²) in [6.07, 6.45) is 33.9. The number of halogens is 2. The molecule has 372 valence electrons. The molecule has 0 bridgehead atoms. The van der Waals surface area contributed by atoms with Crippen molar-refractivity contribution in [1.82, 2.24) is 0 Å². The Morgan fingerprint density at radius 1 is 0.250 bits per heavy atom. The van der Waals surface area contributed by atoms with Gasteiger partial charge >= 0.3 is 0 Å². The van der Waals surface area contributed by atoms with Gasteiger partial charge in [-0.3, -0.25) is 0 Å². The first kappa shape index (κ1) is 72.4. The largest absolute Gasteiger partial charge is 0.391 e. The Morgan fingerprint density at radius 2 is 0.450 bits per heavy atom. The molecule has 0 rings (SSSR count). The molecule has 0 unspecified atom stereocenters. The highest BCUT2D eigenvalue weighted by Gasteiger charge is 2.26. The van der Waals surface area contributed by atoms with Crippen molar-refractivity contribution >= 4 is 34.0 Å². The molecule has 0 saturated carbocycles. The van der Waals surface area contributed by atoms with Crippen LogP contribution in [0.4, 0.5) is 0 Å². The molecule has 0 aliphatic carbocycles. The summed E-state index contributed by atoms with van der Waals surface area (Å²) < 4.78 is 5.00. The zero-order valence-corrected chi connectivity index (χ0v) is 48.3. The van der Waals surface area contributed by atoms with Crippen molar-refractivity contribution < 1.29 is 23.0 Å². The molecule has 60 heavy (non-hydrogen) atoms. The third kappa shape index (κ3) is 46.7. The molecule has 0 aromatic heterocycles. The van der Waals surface area contributed by atoms with E-state index in [0.29, 0.717) is 0 Å². The van der Waals surface area contributed by atoms with E-state index in [9.17, 15) is 0 Å². The summed E-state index contributed by atoms with van der Waals surface area (Å²) in [5, 5.41) is 8.39. The number of rotatable bonds is 38. The second-order valence-electron chi connectivity index (χ2n) is 19.5. The van der Waals surface area contributed by atoms with E-state index in [4.69, 9.17) is 5.11 Å². The zero-order chi connectivity index (χ0) is 44.9. The zero-order valence-electron chi connectivity index (χ0n) is 44.9. The van der Waals surface area contributed by atoms with Crippen molar-refractivity contribution in [2.45, 2.75) is 237 Å². The van der Waals surface area contributed by atoms with Crippen LogP contribution in [0.1, 0.15) is 237 Å². The lowest BCUT2D eigenvalue weighted by Gasteiger charge is -2.39. The minimum Gasteiger partial charge on any atom is -0.391 e. The standard InChI is InChI=1S/C24H52N.C16H36N.C8H20N.C5H14NO.2BrH/c1-5-9-13-17-21-25(22-18-14-10-6-2,23-19-15-11-7-3)24-20-16-12-8-4;1-5-9-13-17(14-10-6-2,15-11-7-3)16-12-8-4;1-5-9(6-2,7-3)8-4;1-6(2,3)4-5-7;;/h5-24H2,1-4H3;5-16H2,1-4H3;5-8H2,1-4H3;7H,4-5H2,1-3H3;2*1H/q4*+1;;. The summed E-state index contributed by atoms with van der Waals surface area (Å²) >= 11 is 0. The minimum atomic E-state index is 0. The third-order valence-electron chi connectivity index (χ3n) is 13.3. The molecule has 0 saturated heterocycles. The quantitative estimate of drug-likeness (QED) is 0.0483. The van der Waals surface area contributed by atoms with Gasteiger partial charge in [0.25, 0.3) is 0 Å². The Labute approximate surface area is 404 Å². The lowest BCUT2D eigenvalue weighted by atomic mass is 10.1. The molecule has 0 aliphatic rings. The second kappa shape index (κ2) is 52.4. The van der Waals surface area contributed by atoms with Gasteiger partial charge in [0, 0.05) is 0 Å². The van der Waals surface area contributed by atoms with Crippen molar-refractivity contribution in [3.63, 3.8) is 0 Å². The predicted octanol–water partition coefficient (Wildman–Crippen LogP) is 15.9. The molecule has 0 aliphatic heterocycles. The van der Waals surface area contributed by atoms with E-state index in [1.165, 1.54) is 246 Å². The van der Waals surface area contributed by atoms with E-state index >= 15 is 0 Å². The van der Waals surface area contributed by atoms with Crippen LogP contribution in [-0.2, 0) is 0 Å². The van der Waals surface area contributed by atoms with E-state index in [0.717, 1.165) is 11.0 Å². The average molecular weight is 993 g/mol. The Morgan fingerprint density at radius 3 is 0.567 bits per heavy atom. The summed E-state index contributed by atoms with van der Waals surface area (Å²) in [5.41, 5.74) is 0. The lowest BCUT2D eigenvalue weighted by molar-refractivity contribution is -0.929. The highest BCUT2D eigenvalue weighted by molar-refractivity contribution is 8.93. The normalized spacial score (nSPS) is 11.6. The summed E-state index contributed by atoms with van der Waals surface area (Å²) in [6.45, 7) is 45.5. The first-order valence-corrected chi connectivity index (χ1v) is 26.8. The Hall–Kier alpha value is 0.760. The van der Waals surface area contributed by atoms with Crippen molar-refractivity contribution in [3.05, 3.63) is 0 Å². The molecule has 5 nitrogen and oxygen atoms in total. The molecule has 0 aromatic carbocycles. The first-order chi connectivity index (χ1) is 27.8. The van der Waals surface area contributed by atoms with Crippen molar-refractivity contribution in [2.75, 3.05) is 113 Å². The molecular formula is C53H124Br2N4O+4. The number of quaternary nitrogens is 4. The lowest BCUT2D eigenvalue weighted by Crippen LogP contribution is -2.50. The van der Waals surface area contributed by atoms with Crippen molar-refractivity contribution in [2.24, 2.45) is 0 Å². The minimum absolute atomic E-state index is 0. The second-order valence-corrected chi connectivity index (χ2v) is 19.5. The molecule has 0 amide bonds. The van der Waals surface area contributed by atoms with Gasteiger partial charge in [0.05, 0.1) is 106 Å². The SMILES string of the molecule is Br.Br.CCCCCC[N+](CCCCCC)(CCCCCC)CCCCCC.CCCC[N+](CCCC)(CCCC)CCCC.CC[N+](CC)(CC)CC.C[N+](C)(C)CCO. The van der Waals surface area contributed by atoms with Gasteiger partial charge < -0.3 is 23.0 Å². The van der Waals surface area contributed by atoms with Crippen LogP contribution in [0.15, 0.2) is 0 Å². The van der Waals surface area contributed by atoms with Gasteiger partial charge in [-0.05, 0) is 105 Å². The Balaban J connectivity index is -0.000000179. The number of unbranched alkanes of at least 4 members (excludes halogenated alkanes) is 16. The van der Waals surface area contributed by atoms with Crippen LogP contribution in [0, 0.1) is 0 Å². The fourth-order valence-electron chi connectivity index (χ4n) is 8.45. The molecule has 7 heteroatoms. The molecule has 1 N–H and O–H groups in total. The van der Waals surface area contributed by atoms with Crippen LogP contribution in [0.25, 0.3) is 0 Å². The van der Waals surface area contributed by atoms with Crippen LogP contribution >= 0.6 is 34.0 Å². The summed E-state index contributed by atoms with van der Waals surface area (Å²) in [5.74, 6) is 0. The topological polar surface area (TPSA) is 20.2 Å². The van der Waals surface area contributed by atoms with Crippen LogP contribution in [-0.4, -0.2) is 136 Å². The summed E-state index contributed by atoms with van der Waals surface area (Å²) in [7, 11) is 6.16. The highest BCUT2D eigenvalue weighted by Crippen LogP contribution is 2.20. The summed E-state index contributed by atoms with van der Waals surface area (Å²) in [4.78, 5) is 0. The number of aliphatic hydroxyl groups excluding tert-OH is 1. The van der Waals surface area contributed by atoms with E-state index in [1.54, 1.807) is 0 Å². The Bertz CT molecular complexity index is 651. The predicted molar refractivity (Wildman–Crippen MR) is 289 cm³/mol. The monoisotopic (exact) mass is 991 g/mol. The molecule has 0 fully saturated rings. The van der Waals surface area contributed by atoms with Gasteiger partial charge in [-0.25, -0.2) is 0 Å². The molecule has 0 heterocycles. The fourth-order valence-corrected chi connectivity index (χ4v) is 8.45. The van der Waals surface area contributed by atoms with E-state index in [2.05, 4.69) is 104 Å².